The van der Waals surface area contributed by atoms with Gasteiger partial charge in [-0.05, 0) is 12.8 Å². The smallest absolute Gasteiger partial charge is 0.387 e. The zero-order chi connectivity index (χ0) is 56.6. The monoisotopic (exact) mass is 1190 g/mol. The Labute approximate surface area is 436 Å². The first-order valence-corrected chi connectivity index (χ1v) is 29.2. The Hall–Kier alpha value is -4.62. The maximum Gasteiger partial charge on any atom is 0.490 e. The number of aromatic nitrogens is 10. The molecule has 0 amide bonds. The molecular weight excluding hydrogens is 1140 g/mol. The third-order valence-corrected chi connectivity index (χ3v) is 17.6. The van der Waals surface area contributed by atoms with Crippen LogP contribution in [0.5, 0.6) is 0 Å². The number of nitrogens with two attached hydrogens (primary N) is 2. The van der Waals surface area contributed by atoms with Gasteiger partial charge >= 0.3 is 42.6 Å². The first kappa shape index (κ1) is 59.5. The summed E-state index contributed by atoms with van der Waals surface area (Å²) >= 11 is 0. The average Bonchev–Trinajstić information content (AvgIpc) is 4.37. The Bertz CT molecular complexity index is 3340. The van der Waals surface area contributed by atoms with Crippen LogP contribution in [0.2, 0.25) is 0 Å². The summed E-state index contributed by atoms with van der Waals surface area (Å²) in [4.78, 5) is 100. The van der Waals surface area contributed by atoms with Gasteiger partial charge in [-0.2, -0.15) is 8.62 Å². The molecule has 5 aromatic rings. The Morgan fingerprint density at radius 3 is 2.13 bits per heavy atom. The van der Waals surface area contributed by atoms with Gasteiger partial charge in [0.25, 0.3) is 17.1 Å². The summed E-state index contributed by atoms with van der Waals surface area (Å²) in [5.74, 6) is -1.28. The molecule has 3 aliphatic heterocycles. The molecule has 41 heteroatoms. The number of rotatable bonds is 25. The number of hydrogen-bond acceptors (Lipinski definition) is 27. The number of nitrogens with zero attached hydrogens (tertiary/aromatic N) is 8. The average molecular weight is 1190 g/mol. The largest absolute Gasteiger partial charge is 0.490 e. The van der Waals surface area contributed by atoms with Crippen molar-refractivity contribution in [1.82, 2.24) is 43.6 Å². The van der Waals surface area contributed by atoms with Crippen LogP contribution in [0.4, 0.5) is 11.8 Å². The van der Waals surface area contributed by atoms with Gasteiger partial charge in [0.15, 0.2) is 30.2 Å². The SMILES string of the molecule is CCCCO[C@@H]1[C@H](OP(=O)(O)OC[C@H]2O[C@@H](n3ccc(=O)[nH]c3=O)[C@H](O)[C@@H]2O)[C@@H](COP(=O)(O)OP(=O)(O)OP(=O)(O)OC[C@H]2O[C@@H]([n+]3cn(C)c4c(=O)[nH]c(N)nc43)[C@H](O)[C@@H]2CCOC)O[C@H]1n1cnc2c(N)ncnc21. The molecule has 0 bridgehead atoms. The Kier molecular flexibility index (Phi) is 18.2. The molecule has 0 spiro atoms. The van der Waals surface area contributed by atoms with Gasteiger partial charge in [-0.15, -0.1) is 0 Å². The van der Waals surface area contributed by atoms with Gasteiger partial charge in [0, 0.05) is 38.5 Å². The summed E-state index contributed by atoms with van der Waals surface area (Å²) in [5.41, 5.74) is 9.46. The van der Waals surface area contributed by atoms with E-state index in [1.54, 1.807) is 0 Å². The molecule has 4 unspecified atom stereocenters. The van der Waals surface area contributed by atoms with Crippen molar-refractivity contribution < 1.29 is 108 Å². The van der Waals surface area contributed by atoms with Gasteiger partial charge in [0.05, 0.1) is 39.3 Å². The molecule has 8 rings (SSSR count). The molecule has 0 saturated carbocycles. The number of imidazole rings is 2. The molecule has 8 heterocycles. The number of ether oxygens (including phenoxy) is 5. The van der Waals surface area contributed by atoms with E-state index in [9.17, 15) is 67.5 Å². The standard InChI is InChI=1S/C37H54N12O25P4/c1-4-5-9-65-28-27(72-75(56,57)66-12-19-25(52)26(53)34(70-19)47-8-6-21(50)43-37(47)55)20(71-35(28)48-15-42-22-29(38)40-14-41-30(22)48)13-68-77(60,61)74-78(62,63)73-76(58,59)67-11-18-17(7-10-64-3)24(51)33(69-18)49-16-46(2)23-31(49)44-36(39)45-32(23)54/h6,8,14-20,24-28,33-35,51-53H,4-5,7,9-13H2,1-3H3,(H9-,38,39,40,41,43,44,45,50,54,55,56,57,58,59,60,61,62,63)/p+1/t17-,18-,19-,20-,24-,25-,26-,27-,28-,33-,34-,35-/m1/s1. The van der Waals surface area contributed by atoms with E-state index >= 15 is 0 Å². The second kappa shape index (κ2) is 23.8. The van der Waals surface area contributed by atoms with E-state index in [4.69, 9.17) is 53.2 Å². The Morgan fingerprint density at radius 1 is 0.782 bits per heavy atom. The van der Waals surface area contributed by atoms with Crippen molar-refractivity contribution in [3.63, 3.8) is 0 Å². The first-order chi connectivity index (χ1) is 36.7. The number of H-pyrrole nitrogens is 2. The predicted octanol–water partition coefficient (Wildman–Crippen LogP) is -2.41. The fraction of sp³-hybridized carbons (Fsp3) is 0.622. The number of aliphatic hydroxyl groups excluding tert-OH is 3. The molecule has 3 saturated heterocycles. The zero-order valence-electron chi connectivity index (χ0n) is 41.0. The third kappa shape index (κ3) is 13.2. The number of hydrogen-bond donors (Lipinski definition) is 11. The second-order valence-corrected chi connectivity index (χ2v) is 23.7. The number of phosphoric ester groups is 3. The van der Waals surface area contributed by atoms with Crippen LogP contribution in [-0.2, 0) is 75.7 Å². The lowest BCUT2D eigenvalue weighted by Gasteiger charge is -2.27. The van der Waals surface area contributed by atoms with Crippen molar-refractivity contribution in [2.75, 3.05) is 51.6 Å². The lowest BCUT2D eigenvalue weighted by Crippen LogP contribution is -2.45. The van der Waals surface area contributed by atoms with E-state index in [-0.39, 0.29) is 53.7 Å². The third-order valence-electron chi connectivity index (χ3n) is 12.3. The van der Waals surface area contributed by atoms with Crippen molar-refractivity contribution in [3.8, 4) is 0 Å². The van der Waals surface area contributed by atoms with Crippen LogP contribution in [0, 0.1) is 5.92 Å². The molecule has 3 aliphatic rings. The highest BCUT2D eigenvalue weighted by molar-refractivity contribution is 7.66. The van der Waals surface area contributed by atoms with E-state index in [1.165, 1.54) is 40.5 Å². The topological polar surface area (TPSA) is 516 Å². The summed E-state index contributed by atoms with van der Waals surface area (Å²) < 4.78 is 116. The number of anilines is 2. The van der Waals surface area contributed by atoms with Crippen molar-refractivity contribution in [3.05, 3.63) is 62.4 Å². The van der Waals surface area contributed by atoms with E-state index in [0.29, 0.717) is 12.8 Å². The Morgan fingerprint density at radius 2 is 1.45 bits per heavy atom. The van der Waals surface area contributed by atoms with E-state index in [1.807, 2.05) is 11.9 Å². The maximum atomic E-state index is 13.8. The summed E-state index contributed by atoms with van der Waals surface area (Å²) in [7, 11) is -20.6. The number of aromatic amines is 2. The van der Waals surface area contributed by atoms with E-state index in [2.05, 4.69) is 33.5 Å². The van der Waals surface area contributed by atoms with Gasteiger partial charge in [-0.3, -0.25) is 51.4 Å². The molecule has 3 fully saturated rings. The fourth-order valence-corrected chi connectivity index (χ4v) is 13.3. The van der Waals surface area contributed by atoms with Crippen LogP contribution < -0.4 is 32.8 Å². The summed E-state index contributed by atoms with van der Waals surface area (Å²) in [5, 5.41) is 32.8. The van der Waals surface area contributed by atoms with Crippen LogP contribution >= 0.6 is 31.3 Å². The lowest BCUT2D eigenvalue weighted by molar-refractivity contribution is -0.745. The van der Waals surface area contributed by atoms with Gasteiger partial charge in [-0.1, -0.05) is 18.3 Å². The molecular formula is C37H55N12O25P4+. The molecule has 37 nitrogen and oxygen atoms in total. The van der Waals surface area contributed by atoms with Crippen molar-refractivity contribution in [2.45, 2.75) is 93.7 Å². The van der Waals surface area contributed by atoms with Crippen LogP contribution in [0.1, 0.15) is 44.9 Å². The second-order valence-electron chi connectivity index (χ2n) is 17.7. The minimum absolute atomic E-state index is 0.00679. The van der Waals surface area contributed by atoms with Gasteiger partial charge in [-0.25, -0.2) is 42.6 Å². The molecule has 78 heavy (non-hydrogen) atoms. The highest BCUT2D eigenvalue weighted by Crippen LogP contribution is 2.68. The predicted molar refractivity (Wildman–Crippen MR) is 256 cm³/mol. The molecule has 432 valence electrons. The lowest BCUT2D eigenvalue weighted by atomic mass is 9.95. The normalized spacial score (nSPS) is 29.7. The van der Waals surface area contributed by atoms with Gasteiger partial charge in [0.2, 0.25) is 11.7 Å². The number of aliphatic hydroxyl groups is 3. The number of aryl methyl sites for hydroxylation is 1. The number of fused-ring (bicyclic) bond motifs is 2. The number of nitrogens with one attached hydrogen (secondary N) is 2. The fourth-order valence-electron chi connectivity index (χ4n) is 8.78. The Balaban J connectivity index is 0.967. The van der Waals surface area contributed by atoms with Crippen LogP contribution in [-0.4, -0.2) is 167 Å². The molecule has 0 aliphatic carbocycles. The van der Waals surface area contributed by atoms with Crippen LogP contribution in [0.25, 0.3) is 22.3 Å². The van der Waals surface area contributed by atoms with Crippen molar-refractivity contribution in [1.29, 1.82) is 0 Å². The molecule has 5 aromatic heterocycles. The molecule has 0 radical (unpaired) electrons. The van der Waals surface area contributed by atoms with Crippen LogP contribution in [0.15, 0.2) is 45.6 Å². The molecule has 16 atom stereocenters. The summed E-state index contributed by atoms with van der Waals surface area (Å²) in [6.07, 6.45) is -12.1. The highest BCUT2D eigenvalue weighted by atomic mass is 31.3. The molecule has 0 aromatic carbocycles. The quantitative estimate of drug-likeness (QED) is 0.0165. The first-order valence-electron chi connectivity index (χ1n) is 23.2. The number of nitrogen functional groups attached to an aromatic ring is 2. The maximum absolute atomic E-state index is 13.8. The number of phosphoric acid groups is 4. The number of unbranched alkanes of at least 4 members (excludes halogenated alkanes) is 1. The van der Waals surface area contributed by atoms with E-state index < -0.39 is 141 Å². The summed E-state index contributed by atoms with van der Waals surface area (Å²) in [6.45, 7) is -1.42. The van der Waals surface area contributed by atoms with Crippen molar-refractivity contribution >= 4 is 65.4 Å². The van der Waals surface area contributed by atoms with Gasteiger partial charge < -0.3 is 70.0 Å². The zero-order valence-corrected chi connectivity index (χ0v) is 44.5. The molecule has 13 N–H and O–H groups in total. The van der Waals surface area contributed by atoms with E-state index in [0.717, 1.165) is 23.2 Å². The van der Waals surface area contributed by atoms with Crippen LogP contribution in [0.3, 0.4) is 0 Å². The summed E-state index contributed by atoms with van der Waals surface area (Å²) in [6, 6.07) is 0.933. The highest BCUT2D eigenvalue weighted by Gasteiger charge is 2.54. The van der Waals surface area contributed by atoms with Gasteiger partial charge in [0.1, 0.15) is 54.6 Å². The number of methoxy groups -OCH3 is 1. The minimum atomic E-state index is -6.19. The minimum Gasteiger partial charge on any atom is -0.387 e. The van der Waals surface area contributed by atoms with Crippen molar-refractivity contribution in [2.24, 2.45) is 13.0 Å².